The molecule has 0 spiro atoms. The van der Waals surface area contributed by atoms with Crippen LogP contribution in [0.2, 0.25) is 0 Å². The van der Waals surface area contributed by atoms with Gasteiger partial charge in [0, 0.05) is 30.1 Å². The molecule has 1 aromatic heterocycles. The first-order valence-corrected chi connectivity index (χ1v) is 9.69. The van der Waals surface area contributed by atoms with Crippen molar-refractivity contribution in [1.29, 1.82) is 0 Å². The van der Waals surface area contributed by atoms with Crippen molar-refractivity contribution >= 4 is 34.8 Å². The normalized spacial score (nSPS) is 11.9. The van der Waals surface area contributed by atoms with Crippen LogP contribution in [0.5, 0.6) is 0 Å². The molecule has 3 N–H and O–H groups in total. The molecule has 156 valence electrons. The van der Waals surface area contributed by atoms with E-state index in [2.05, 4.69) is 10.3 Å². The number of unbranched alkanes of at least 4 members (excludes halogenated alkanes) is 2. The Hall–Kier alpha value is -2.72. The van der Waals surface area contributed by atoms with Gasteiger partial charge in [-0.2, -0.15) is 13.2 Å². The summed E-state index contributed by atoms with van der Waals surface area (Å²) < 4.78 is 38.4. The fourth-order valence-corrected chi connectivity index (χ4v) is 3.06. The first-order chi connectivity index (χ1) is 13.8. The molecular formula is C19H20F3N3O3S. The van der Waals surface area contributed by atoms with Crippen LogP contribution in [-0.2, 0) is 15.8 Å². The van der Waals surface area contributed by atoms with Gasteiger partial charge in [0.25, 0.3) is 5.91 Å². The molecule has 0 saturated carbocycles. The fraction of sp³-hybridized carbons (Fsp3) is 0.316. The Balaban J connectivity index is 2.03. The number of hydrogen-bond donors (Lipinski definition) is 3. The lowest BCUT2D eigenvalue weighted by molar-refractivity contribution is -0.137. The Labute approximate surface area is 169 Å². The molecule has 0 bridgehead atoms. The number of aromatic nitrogens is 1. The zero-order valence-electron chi connectivity index (χ0n) is 15.3. The summed E-state index contributed by atoms with van der Waals surface area (Å²) in [6.45, 7) is 0.343. The number of nitrogens with zero attached hydrogens (tertiary/aromatic N) is 1. The third kappa shape index (κ3) is 7.31. The number of alkyl halides is 3. The number of carbonyl (C=O) groups excluding carboxylic acids is 2. The van der Waals surface area contributed by atoms with E-state index < -0.39 is 23.6 Å². The summed E-state index contributed by atoms with van der Waals surface area (Å²) >= 11 is 1.30. The highest BCUT2D eigenvalue weighted by Gasteiger charge is 2.30. The molecule has 10 heteroatoms. The Morgan fingerprint density at radius 2 is 1.86 bits per heavy atom. The van der Waals surface area contributed by atoms with E-state index in [-0.39, 0.29) is 12.0 Å². The van der Waals surface area contributed by atoms with Crippen molar-refractivity contribution in [1.82, 2.24) is 15.8 Å². The third-order valence-electron chi connectivity index (χ3n) is 3.98. The van der Waals surface area contributed by atoms with E-state index in [1.807, 2.05) is 0 Å². The van der Waals surface area contributed by atoms with Gasteiger partial charge in [0.2, 0.25) is 5.91 Å². The smallest absolute Gasteiger partial charge is 0.352 e. The molecule has 0 aliphatic carbocycles. The molecule has 0 radical (unpaired) electrons. The van der Waals surface area contributed by atoms with Crippen LogP contribution in [0.4, 0.5) is 13.2 Å². The molecular weight excluding hydrogens is 407 g/mol. The van der Waals surface area contributed by atoms with Crippen LogP contribution in [0, 0.1) is 0 Å². The van der Waals surface area contributed by atoms with Crippen molar-refractivity contribution in [2.24, 2.45) is 0 Å². The predicted molar refractivity (Wildman–Crippen MR) is 103 cm³/mol. The van der Waals surface area contributed by atoms with Gasteiger partial charge < -0.3 is 5.32 Å². The number of hydrogen-bond acceptors (Lipinski definition) is 5. The van der Waals surface area contributed by atoms with E-state index in [1.165, 1.54) is 29.5 Å². The third-order valence-corrected chi connectivity index (χ3v) is 4.70. The van der Waals surface area contributed by atoms with E-state index in [9.17, 15) is 22.8 Å². The van der Waals surface area contributed by atoms with Gasteiger partial charge in [-0.25, -0.2) is 10.5 Å². The van der Waals surface area contributed by atoms with Crippen molar-refractivity contribution < 1.29 is 28.0 Å². The van der Waals surface area contributed by atoms with Gasteiger partial charge in [-0.1, -0.05) is 18.6 Å². The van der Waals surface area contributed by atoms with Crippen molar-refractivity contribution in [3.05, 3.63) is 52.0 Å². The summed E-state index contributed by atoms with van der Waals surface area (Å²) in [4.78, 5) is 27.6. The van der Waals surface area contributed by atoms with Crippen molar-refractivity contribution in [3.63, 3.8) is 0 Å². The lowest BCUT2D eigenvalue weighted by Crippen LogP contribution is -2.25. The van der Waals surface area contributed by atoms with E-state index in [4.69, 9.17) is 5.21 Å². The first-order valence-electron chi connectivity index (χ1n) is 8.81. The molecule has 0 saturated heterocycles. The molecule has 29 heavy (non-hydrogen) atoms. The molecule has 0 fully saturated rings. The number of nitrogens with one attached hydrogen (secondary N) is 2. The second-order valence-corrected chi connectivity index (χ2v) is 7.03. The Kier molecular flexibility index (Phi) is 8.34. The van der Waals surface area contributed by atoms with Crippen LogP contribution in [0.25, 0.3) is 11.6 Å². The minimum atomic E-state index is -4.45. The van der Waals surface area contributed by atoms with Gasteiger partial charge in [0.15, 0.2) is 0 Å². The minimum Gasteiger partial charge on any atom is -0.352 e. The SMILES string of the molecule is O=C(CCCCCNC(=O)C(=Cc1nccs1)c1ccc(C(F)(F)F)cc1)NO. The molecule has 0 aliphatic rings. The summed E-state index contributed by atoms with van der Waals surface area (Å²) in [5.41, 5.74) is 1.33. The summed E-state index contributed by atoms with van der Waals surface area (Å²) in [5.74, 6) is -0.891. The minimum absolute atomic E-state index is 0.186. The Morgan fingerprint density at radius 3 is 2.45 bits per heavy atom. The average Bonchev–Trinajstić information content (AvgIpc) is 3.21. The molecule has 1 heterocycles. The number of hydroxylamine groups is 1. The fourth-order valence-electron chi connectivity index (χ4n) is 2.49. The first kappa shape index (κ1) is 22.6. The van der Waals surface area contributed by atoms with Crippen LogP contribution in [-0.4, -0.2) is 28.6 Å². The number of carbonyl (C=O) groups is 2. The lowest BCUT2D eigenvalue weighted by Gasteiger charge is -2.11. The summed E-state index contributed by atoms with van der Waals surface area (Å²) in [7, 11) is 0. The van der Waals surface area contributed by atoms with Gasteiger partial charge >= 0.3 is 6.18 Å². The number of halogens is 3. The van der Waals surface area contributed by atoms with E-state index in [0.29, 0.717) is 36.4 Å². The largest absolute Gasteiger partial charge is 0.416 e. The highest BCUT2D eigenvalue weighted by molar-refractivity contribution is 7.10. The van der Waals surface area contributed by atoms with Crippen molar-refractivity contribution in [2.75, 3.05) is 6.54 Å². The van der Waals surface area contributed by atoms with Gasteiger partial charge in [-0.05, 0) is 36.6 Å². The Bertz CT molecular complexity index is 835. The Morgan fingerprint density at radius 1 is 1.14 bits per heavy atom. The van der Waals surface area contributed by atoms with E-state index >= 15 is 0 Å². The zero-order valence-corrected chi connectivity index (χ0v) is 16.1. The maximum atomic E-state index is 12.8. The number of thiazole rings is 1. The number of benzene rings is 1. The molecule has 1 aromatic carbocycles. The molecule has 2 amide bonds. The number of amides is 2. The summed E-state index contributed by atoms with van der Waals surface area (Å²) in [6, 6.07) is 4.39. The van der Waals surface area contributed by atoms with E-state index in [0.717, 1.165) is 12.1 Å². The second kappa shape index (κ2) is 10.7. The highest BCUT2D eigenvalue weighted by atomic mass is 32.1. The predicted octanol–water partition coefficient (Wildman–Crippen LogP) is 3.88. The van der Waals surface area contributed by atoms with Gasteiger partial charge in [0.05, 0.1) is 5.56 Å². The molecule has 2 rings (SSSR count). The van der Waals surface area contributed by atoms with Gasteiger partial charge in [0.1, 0.15) is 5.01 Å². The van der Waals surface area contributed by atoms with Gasteiger partial charge in [-0.15, -0.1) is 11.3 Å². The molecule has 0 unspecified atom stereocenters. The van der Waals surface area contributed by atoms with Gasteiger partial charge in [-0.3, -0.25) is 14.8 Å². The van der Waals surface area contributed by atoms with Crippen LogP contribution >= 0.6 is 11.3 Å². The van der Waals surface area contributed by atoms with Crippen LogP contribution in [0.15, 0.2) is 35.8 Å². The lowest BCUT2D eigenvalue weighted by atomic mass is 10.0. The quantitative estimate of drug-likeness (QED) is 0.245. The van der Waals surface area contributed by atoms with Crippen molar-refractivity contribution in [2.45, 2.75) is 31.9 Å². The highest BCUT2D eigenvalue weighted by Crippen LogP contribution is 2.30. The topological polar surface area (TPSA) is 91.3 Å². The summed E-state index contributed by atoms with van der Waals surface area (Å²) in [6.07, 6.45) is 0.679. The van der Waals surface area contributed by atoms with E-state index in [1.54, 1.807) is 17.1 Å². The molecule has 2 aromatic rings. The maximum Gasteiger partial charge on any atom is 0.416 e. The maximum absolute atomic E-state index is 12.8. The van der Waals surface area contributed by atoms with Crippen molar-refractivity contribution in [3.8, 4) is 0 Å². The van der Waals surface area contributed by atoms with Crippen LogP contribution < -0.4 is 10.8 Å². The molecule has 6 nitrogen and oxygen atoms in total. The summed E-state index contributed by atoms with van der Waals surface area (Å²) in [5, 5.41) is 13.4. The average molecular weight is 427 g/mol. The standard InChI is InChI=1S/C19H20F3N3O3S/c20-19(21,22)14-7-5-13(6-8-14)15(12-17-23-10-11-29-17)18(27)24-9-3-1-2-4-16(26)25-28/h5-8,10-12,28H,1-4,9H2,(H,24,27)(H,25,26). The molecule has 0 aliphatic heterocycles. The second-order valence-electron chi connectivity index (χ2n) is 6.11. The van der Waals surface area contributed by atoms with Crippen LogP contribution in [0.1, 0.15) is 41.8 Å². The van der Waals surface area contributed by atoms with Crippen LogP contribution in [0.3, 0.4) is 0 Å². The molecule has 0 atom stereocenters. The zero-order chi connectivity index (χ0) is 21.3. The monoisotopic (exact) mass is 427 g/mol. The number of rotatable bonds is 9.